The molecule has 3 N–H and O–H groups in total. The van der Waals surface area contributed by atoms with Gasteiger partial charge in [0.15, 0.2) is 6.73 Å². The summed E-state index contributed by atoms with van der Waals surface area (Å²) in [6, 6.07) is 16.7. The van der Waals surface area contributed by atoms with Gasteiger partial charge < -0.3 is 24.8 Å². The fraction of sp³-hybridized carbons (Fsp3) is 0.125. The van der Waals surface area contributed by atoms with Gasteiger partial charge in [0.1, 0.15) is 34.4 Å². The summed E-state index contributed by atoms with van der Waals surface area (Å²) in [7, 11) is -0.894. The lowest BCUT2D eigenvalue weighted by Gasteiger charge is -2.23. The zero-order chi connectivity index (χ0) is 31.8. The van der Waals surface area contributed by atoms with Crippen LogP contribution in [0.3, 0.4) is 0 Å². The van der Waals surface area contributed by atoms with Gasteiger partial charge in [-0.05, 0) is 60.7 Å². The van der Waals surface area contributed by atoms with Crippen molar-refractivity contribution in [3.05, 3.63) is 83.9 Å². The van der Waals surface area contributed by atoms with Crippen LogP contribution < -0.4 is 20.1 Å². The molecule has 0 aliphatic carbocycles. The Morgan fingerprint density at radius 1 is 1.07 bits per heavy atom. The molecule has 7 rings (SSSR count). The molecule has 0 fully saturated rings. The van der Waals surface area contributed by atoms with Crippen LogP contribution in [0.1, 0.15) is 10.4 Å². The first-order chi connectivity index (χ1) is 21.4. The number of nitrogen functional groups attached to an aromatic ring is 1. The Hall–Kier alpha value is -5.43. The highest BCUT2D eigenvalue weighted by atomic mass is 32.2. The van der Waals surface area contributed by atoms with Crippen LogP contribution in [0.5, 0.6) is 5.75 Å². The lowest BCUT2D eigenvalue weighted by Crippen LogP contribution is -2.25. The minimum atomic E-state index is -3.77. The van der Waals surface area contributed by atoms with E-state index in [0.29, 0.717) is 50.2 Å². The Morgan fingerprint density at radius 2 is 1.82 bits per heavy atom. The van der Waals surface area contributed by atoms with Crippen LogP contribution in [0.25, 0.3) is 55.8 Å². The summed E-state index contributed by atoms with van der Waals surface area (Å²) in [4.78, 5) is 18.1. The molecular formula is C32H25F2N5O5S. The van der Waals surface area contributed by atoms with E-state index in [1.54, 1.807) is 34.9 Å². The van der Waals surface area contributed by atoms with E-state index in [-0.39, 0.29) is 35.0 Å². The van der Waals surface area contributed by atoms with Gasteiger partial charge in [0.2, 0.25) is 10.0 Å². The number of hydrogen-bond acceptors (Lipinski definition) is 7. The van der Waals surface area contributed by atoms with Crippen LogP contribution in [-0.4, -0.2) is 44.2 Å². The second-order valence-corrected chi connectivity index (χ2v) is 12.7. The summed E-state index contributed by atoms with van der Waals surface area (Å²) in [6.45, 7) is 0.0540. The Bertz CT molecular complexity index is 2310. The standard InChI is InChI=1S/C32H25F2N5O5S/c1-36-32(40)28-21-13-20(24(38(2)45(3,41)42)14-27(21)44-31(28)16-4-6-18(33)7-5-16)23-8-9-26-29(37-23)25-11-17-10-19(35)12-22(34)30(17)39(25)15-43-26/h4-14H,15,35H2,1-3H3,(H,36,40). The summed E-state index contributed by atoms with van der Waals surface area (Å²) in [5, 5.41) is 3.58. The highest BCUT2D eigenvalue weighted by molar-refractivity contribution is 7.92. The Kier molecular flexibility index (Phi) is 6.34. The third-order valence-electron chi connectivity index (χ3n) is 7.90. The number of fused-ring (bicyclic) bond motifs is 6. The largest absolute Gasteiger partial charge is 0.470 e. The maximum absolute atomic E-state index is 15.0. The number of sulfonamides is 1. The SMILES string of the molecule is CNC(=O)c1c(-c2ccc(F)cc2)oc2cc(N(C)S(C)(=O)=O)c(-c3ccc4c(n3)-c3cc5cc(N)cc(F)c5n3CO4)cc12. The van der Waals surface area contributed by atoms with Crippen LogP contribution in [0.2, 0.25) is 0 Å². The normalized spacial score (nSPS) is 12.6. The molecule has 0 spiro atoms. The smallest absolute Gasteiger partial charge is 0.255 e. The number of anilines is 2. The van der Waals surface area contributed by atoms with Crippen LogP contribution in [-0.2, 0) is 16.8 Å². The highest BCUT2D eigenvalue weighted by Gasteiger charge is 2.28. The zero-order valence-electron chi connectivity index (χ0n) is 24.2. The van der Waals surface area contributed by atoms with Crippen molar-refractivity contribution >= 4 is 49.2 Å². The van der Waals surface area contributed by atoms with Gasteiger partial charge in [0.25, 0.3) is 5.91 Å². The minimum absolute atomic E-state index is 0.0540. The molecule has 1 amide bonds. The third-order valence-corrected chi connectivity index (χ3v) is 9.09. The van der Waals surface area contributed by atoms with Crippen LogP contribution in [0.4, 0.5) is 20.2 Å². The number of ether oxygens (including phenoxy) is 1. The summed E-state index contributed by atoms with van der Waals surface area (Å²) < 4.78 is 69.1. The van der Waals surface area contributed by atoms with Gasteiger partial charge in [0, 0.05) is 47.7 Å². The van der Waals surface area contributed by atoms with Gasteiger partial charge in [-0.15, -0.1) is 0 Å². The van der Waals surface area contributed by atoms with E-state index in [1.807, 2.05) is 0 Å². The molecule has 0 saturated carbocycles. The molecule has 6 aromatic rings. The van der Waals surface area contributed by atoms with Crippen LogP contribution >= 0.6 is 0 Å². The second kappa shape index (κ2) is 10.1. The number of amides is 1. The first-order valence-corrected chi connectivity index (χ1v) is 15.5. The number of carbonyl (C=O) groups excluding carboxylic acids is 1. The molecule has 0 unspecified atom stereocenters. The van der Waals surface area contributed by atoms with Crippen molar-refractivity contribution in [2.75, 3.05) is 30.4 Å². The Labute approximate surface area is 255 Å². The van der Waals surface area contributed by atoms with Gasteiger partial charge in [-0.3, -0.25) is 9.10 Å². The molecular weight excluding hydrogens is 604 g/mol. The Morgan fingerprint density at radius 3 is 2.53 bits per heavy atom. The topological polar surface area (TPSA) is 133 Å². The molecule has 3 aromatic carbocycles. The molecule has 4 heterocycles. The van der Waals surface area contributed by atoms with E-state index in [1.165, 1.54) is 50.5 Å². The summed E-state index contributed by atoms with van der Waals surface area (Å²) in [5.41, 5.74) is 9.32. The fourth-order valence-corrected chi connectivity index (χ4v) is 6.18. The molecule has 45 heavy (non-hydrogen) atoms. The molecule has 1 aliphatic heterocycles. The number of furan rings is 1. The molecule has 0 bridgehead atoms. The molecule has 1 aliphatic rings. The number of halogens is 2. The average molecular weight is 630 g/mol. The highest BCUT2D eigenvalue weighted by Crippen LogP contribution is 2.44. The number of aromatic nitrogens is 2. The van der Waals surface area contributed by atoms with Gasteiger partial charge in [0.05, 0.1) is 34.4 Å². The van der Waals surface area contributed by atoms with E-state index in [2.05, 4.69) is 5.32 Å². The third kappa shape index (κ3) is 4.54. The second-order valence-electron chi connectivity index (χ2n) is 10.7. The van der Waals surface area contributed by atoms with Crippen molar-refractivity contribution in [2.24, 2.45) is 0 Å². The lowest BCUT2D eigenvalue weighted by atomic mass is 10.0. The van der Waals surface area contributed by atoms with Crippen LogP contribution in [0.15, 0.2) is 71.1 Å². The van der Waals surface area contributed by atoms with Crippen molar-refractivity contribution in [2.45, 2.75) is 6.73 Å². The number of carbonyl (C=O) groups is 1. The van der Waals surface area contributed by atoms with Gasteiger partial charge in [-0.25, -0.2) is 22.2 Å². The minimum Gasteiger partial charge on any atom is -0.470 e. The first kappa shape index (κ1) is 28.3. The van der Waals surface area contributed by atoms with Gasteiger partial charge in [-0.1, -0.05) is 0 Å². The van der Waals surface area contributed by atoms with E-state index >= 15 is 0 Å². The van der Waals surface area contributed by atoms with Crippen molar-refractivity contribution in [1.82, 2.24) is 14.9 Å². The van der Waals surface area contributed by atoms with E-state index in [9.17, 15) is 22.0 Å². The lowest BCUT2D eigenvalue weighted by molar-refractivity contribution is 0.0964. The van der Waals surface area contributed by atoms with E-state index < -0.39 is 27.6 Å². The average Bonchev–Trinajstić information content (AvgIpc) is 3.57. The number of nitrogens with zero attached hydrogens (tertiary/aromatic N) is 3. The first-order valence-electron chi connectivity index (χ1n) is 13.7. The monoisotopic (exact) mass is 629 g/mol. The number of rotatable bonds is 5. The quantitative estimate of drug-likeness (QED) is 0.232. The summed E-state index contributed by atoms with van der Waals surface area (Å²) in [5.74, 6) is -0.772. The van der Waals surface area contributed by atoms with Crippen LogP contribution in [0, 0.1) is 11.6 Å². The van der Waals surface area contributed by atoms with Crippen molar-refractivity contribution < 1.29 is 31.1 Å². The van der Waals surface area contributed by atoms with Crippen molar-refractivity contribution in [1.29, 1.82) is 0 Å². The summed E-state index contributed by atoms with van der Waals surface area (Å²) >= 11 is 0. The molecule has 3 aromatic heterocycles. The maximum atomic E-state index is 15.0. The molecule has 0 radical (unpaired) electrons. The molecule has 10 nitrogen and oxygen atoms in total. The molecule has 0 saturated heterocycles. The Balaban J connectivity index is 1.49. The van der Waals surface area contributed by atoms with Crippen molar-refractivity contribution in [3.8, 4) is 39.7 Å². The fourth-order valence-electron chi connectivity index (χ4n) is 5.67. The molecule has 228 valence electrons. The number of benzene rings is 3. The van der Waals surface area contributed by atoms with E-state index in [4.69, 9.17) is 19.9 Å². The number of pyridine rings is 1. The number of nitrogens with two attached hydrogens (primary N) is 1. The van der Waals surface area contributed by atoms with E-state index in [0.717, 1.165) is 10.6 Å². The number of nitrogens with one attached hydrogen (secondary N) is 1. The van der Waals surface area contributed by atoms with Gasteiger partial charge >= 0.3 is 0 Å². The predicted molar refractivity (Wildman–Crippen MR) is 167 cm³/mol. The summed E-state index contributed by atoms with van der Waals surface area (Å²) in [6.07, 6.45) is 1.07. The maximum Gasteiger partial charge on any atom is 0.255 e. The molecule has 13 heteroatoms. The van der Waals surface area contributed by atoms with Crippen molar-refractivity contribution in [3.63, 3.8) is 0 Å². The van der Waals surface area contributed by atoms with Gasteiger partial charge in [-0.2, -0.15) is 0 Å². The zero-order valence-corrected chi connectivity index (χ0v) is 25.0. The molecule has 0 atom stereocenters. The predicted octanol–water partition coefficient (Wildman–Crippen LogP) is 5.75. The number of hydrogen-bond donors (Lipinski definition) is 2.